The van der Waals surface area contributed by atoms with Crippen molar-refractivity contribution in [1.82, 2.24) is 9.78 Å². The molecule has 14 heavy (non-hydrogen) atoms. The molecule has 1 aromatic rings. The van der Waals surface area contributed by atoms with Crippen LogP contribution in [0.25, 0.3) is 0 Å². The lowest BCUT2D eigenvalue weighted by molar-refractivity contribution is -0.0677. The third-order valence-electron chi connectivity index (χ3n) is 3.07. The van der Waals surface area contributed by atoms with Gasteiger partial charge in [0, 0.05) is 19.2 Å². The molecule has 1 aliphatic carbocycles. The Bertz CT molecular complexity index is 337. The molecular formula is C11H18N2O. The minimum Gasteiger partial charge on any atom is -0.389 e. The highest BCUT2D eigenvalue weighted by molar-refractivity contribution is 5.13. The molecule has 0 radical (unpaired) electrons. The Labute approximate surface area is 84.7 Å². The van der Waals surface area contributed by atoms with Crippen LogP contribution in [-0.4, -0.2) is 20.5 Å². The van der Waals surface area contributed by atoms with Gasteiger partial charge in [0.1, 0.15) is 0 Å². The highest BCUT2D eigenvalue weighted by Crippen LogP contribution is 2.39. The monoisotopic (exact) mass is 194 g/mol. The van der Waals surface area contributed by atoms with Gasteiger partial charge in [-0.3, -0.25) is 4.68 Å². The summed E-state index contributed by atoms with van der Waals surface area (Å²) in [6.45, 7) is 4.17. The first-order chi connectivity index (χ1) is 6.48. The van der Waals surface area contributed by atoms with E-state index in [-0.39, 0.29) is 0 Å². The zero-order valence-corrected chi connectivity index (χ0v) is 9.12. The summed E-state index contributed by atoms with van der Waals surface area (Å²) in [6.07, 6.45) is 2.60. The molecule has 1 N–H and O–H groups in total. The molecule has 3 nitrogen and oxygen atoms in total. The highest BCUT2D eigenvalue weighted by atomic mass is 16.3. The van der Waals surface area contributed by atoms with Crippen molar-refractivity contribution in [3.8, 4) is 0 Å². The lowest BCUT2D eigenvalue weighted by Crippen LogP contribution is -2.44. The summed E-state index contributed by atoms with van der Waals surface area (Å²) in [7, 11) is 1.94. The minimum atomic E-state index is -0.459. The Morgan fingerprint density at radius 2 is 2.29 bits per heavy atom. The summed E-state index contributed by atoms with van der Waals surface area (Å²) in [6, 6.07) is 2.06. The molecule has 78 valence electrons. The fourth-order valence-corrected chi connectivity index (χ4v) is 2.55. The molecule has 0 atom stereocenters. The largest absolute Gasteiger partial charge is 0.389 e. The van der Waals surface area contributed by atoms with Crippen LogP contribution < -0.4 is 0 Å². The van der Waals surface area contributed by atoms with Crippen molar-refractivity contribution >= 4 is 0 Å². The first kappa shape index (κ1) is 9.71. The van der Waals surface area contributed by atoms with Gasteiger partial charge in [0.15, 0.2) is 0 Å². The Morgan fingerprint density at radius 3 is 2.71 bits per heavy atom. The van der Waals surface area contributed by atoms with E-state index in [2.05, 4.69) is 18.1 Å². The number of nitrogens with zero attached hydrogens (tertiary/aromatic N) is 2. The van der Waals surface area contributed by atoms with E-state index >= 15 is 0 Å². The molecule has 1 fully saturated rings. The van der Waals surface area contributed by atoms with Crippen LogP contribution in [0.15, 0.2) is 6.07 Å². The Morgan fingerprint density at radius 1 is 1.64 bits per heavy atom. The zero-order chi connectivity index (χ0) is 10.3. The zero-order valence-electron chi connectivity index (χ0n) is 9.12. The molecule has 0 bridgehead atoms. The van der Waals surface area contributed by atoms with Crippen molar-refractivity contribution in [3.05, 3.63) is 17.5 Å². The van der Waals surface area contributed by atoms with Crippen molar-refractivity contribution in [2.24, 2.45) is 13.0 Å². The van der Waals surface area contributed by atoms with Crippen LogP contribution in [0, 0.1) is 12.8 Å². The van der Waals surface area contributed by atoms with Crippen LogP contribution >= 0.6 is 0 Å². The number of aromatic nitrogens is 2. The van der Waals surface area contributed by atoms with Gasteiger partial charge in [-0.1, -0.05) is 6.92 Å². The second kappa shape index (κ2) is 3.09. The fourth-order valence-electron chi connectivity index (χ4n) is 2.55. The number of hydrogen-bond acceptors (Lipinski definition) is 2. The molecule has 1 saturated carbocycles. The molecule has 0 spiro atoms. The molecule has 0 unspecified atom stereocenters. The van der Waals surface area contributed by atoms with Crippen LogP contribution in [0.5, 0.6) is 0 Å². The molecule has 0 amide bonds. The molecule has 1 heterocycles. The van der Waals surface area contributed by atoms with Crippen LogP contribution in [0.4, 0.5) is 0 Å². The first-order valence-corrected chi connectivity index (χ1v) is 5.20. The average Bonchev–Trinajstić information content (AvgIpc) is 2.27. The van der Waals surface area contributed by atoms with Gasteiger partial charge in [-0.15, -0.1) is 0 Å². The van der Waals surface area contributed by atoms with Crippen molar-refractivity contribution < 1.29 is 5.11 Å². The quantitative estimate of drug-likeness (QED) is 0.773. The summed E-state index contributed by atoms with van der Waals surface area (Å²) in [5.41, 5.74) is 1.70. The second-order valence-corrected chi connectivity index (χ2v) is 4.82. The van der Waals surface area contributed by atoms with E-state index < -0.39 is 5.60 Å². The van der Waals surface area contributed by atoms with E-state index in [0.29, 0.717) is 5.92 Å². The fraction of sp³-hybridized carbons (Fsp3) is 0.727. The van der Waals surface area contributed by atoms with E-state index in [1.54, 1.807) is 0 Å². The molecule has 0 saturated heterocycles. The summed E-state index contributed by atoms with van der Waals surface area (Å²) < 4.78 is 1.87. The number of aryl methyl sites for hydroxylation is 2. The smallest absolute Gasteiger partial charge is 0.0708 e. The van der Waals surface area contributed by atoms with Gasteiger partial charge in [-0.25, -0.2) is 0 Å². The second-order valence-electron chi connectivity index (χ2n) is 4.82. The standard InChI is InChI=1S/C11H18N2O/c1-8-5-11(14,6-8)7-10-4-9(2)12-13(10)3/h4,8,14H,5-7H2,1-3H3. The van der Waals surface area contributed by atoms with Gasteiger partial charge in [0.05, 0.1) is 11.3 Å². The summed E-state index contributed by atoms with van der Waals surface area (Å²) in [5.74, 6) is 0.675. The molecule has 0 aliphatic heterocycles. The van der Waals surface area contributed by atoms with Gasteiger partial charge < -0.3 is 5.11 Å². The maximum atomic E-state index is 10.1. The van der Waals surface area contributed by atoms with Gasteiger partial charge in [0.25, 0.3) is 0 Å². The number of rotatable bonds is 2. The summed E-state index contributed by atoms with van der Waals surface area (Å²) >= 11 is 0. The van der Waals surface area contributed by atoms with E-state index in [1.165, 1.54) is 0 Å². The average molecular weight is 194 g/mol. The van der Waals surface area contributed by atoms with E-state index in [9.17, 15) is 5.11 Å². The van der Waals surface area contributed by atoms with Crippen molar-refractivity contribution in [3.63, 3.8) is 0 Å². The van der Waals surface area contributed by atoms with Crippen LogP contribution in [0.2, 0.25) is 0 Å². The molecule has 1 aromatic heterocycles. The maximum Gasteiger partial charge on any atom is 0.0708 e. The molecular weight excluding hydrogens is 176 g/mol. The summed E-state index contributed by atoms with van der Waals surface area (Å²) in [5, 5.41) is 14.4. The predicted octanol–water partition coefficient (Wildman–Crippen LogP) is 1.43. The van der Waals surface area contributed by atoms with Gasteiger partial charge in [-0.05, 0) is 31.7 Å². The Kier molecular flexibility index (Phi) is 2.14. The van der Waals surface area contributed by atoms with Crippen LogP contribution in [0.1, 0.15) is 31.2 Å². The minimum absolute atomic E-state index is 0.459. The number of aliphatic hydroxyl groups is 1. The number of hydrogen-bond donors (Lipinski definition) is 1. The van der Waals surface area contributed by atoms with Crippen molar-refractivity contribution in [2.75, 3.05) is 0 Å². The third-order valence-corrected chi connectivity index (χ3v) is 3.07. The molecule has 0 aromatic carbocycles. The molecule has 2 rings (SSSR count). The normalized spacial score (nSPS) is 31.6. The van der Waals surface area contributed by atoms with Crippen LogP contribution in [-0.2, 0) is 13.5 Å². The van der Waals surface area contributed by atoms with Crippen LogP contribution in [0.3, 0.4) is 0 Å². The lowest BCUT2D eigenvalue weighted by Gasteiger charge is -2.42. The van der Waals surface area contributed by atoms with E-state index in [0.717, 1.165) is 30.7 Å². The molecule has 1 aliphatic rings. The summed E-state index contributed by atoms with van der Waals surface area (Å²) in [4.78, 5) is 0. The SMILES string of the molecule is Cc1cc(CC2(O)CC(C)C2)n(C)n1. The Balaban J connectivity index is 2.07. The maximum absolute atomic E-state index is 10.1. The van der Waals surface area contributed by atoms with E-state index in [1.807, 2.05) is 18.7 Å². The highest BCUT2D eigenvalue weighted by Gasteiger charge is 2.40. The Hall–Kier alpha value is -0.830. The van der Waals surface area contributed by atoms with Gasteiger partial charge >= 0.3 is 0 Å². The predicted molar refractivity (Wildman–Crippen MR) is 55.0 cm³/mol. The van der Waals surface area contributed by atoms with Gasteiger partial charge in [0.2, 0.25) is 0 Å². The topological polar surface area (TPSA) is 38.0 Å². The third kappa shape index (κ3) is 1.69. The van der Waals surface area contributed by atoms with Gasteiger partial charge in [-0.2, -0.15) is 5.10 Å². The van der Waals surface area contributed by atoms with Crippen molar-refractivity contribution in [1.29, 1.82) is 0 Å². The first-order valence-electron chi connectivity index (χ1n) is 5.20. The molecule has 3 heteroatoms. The van der Waals surface area contributed by atoms with Crippen molar-refractivity contribution in [2.45, 2.75) is 38.7 Å². The van der Waals surface area contributed by atoms with E-state index in [4.69, 9.17) is 0 Å². The lowest BCUT2D eigenvalue weighted by atomic mass is 9.70.